The molecule has 0 radical (unpaired) electrons. The molecule has 0 saturated carbocycles. The lowest BCUT2D eigenvalue weighted by Gasteiger charge is -2.15. The van der Waals surface area contributed by atoms with E-state index >= 15 is 0 Å². The second kappa shape index (κ2) is 10.1. The lowest BCUT2D eigenvalue weighted by Crippen LogP contribution is -2.40. The third-order valence-electron chi connectivity index (χ3n) is 4.59. The van der Waals surface area contributed by atoms with E-state index in [1.165, 1.54) is 31.2 Å². The van der Waals surface area contributed by atoms with E-state index in [2.05, 4.69) is 26.3 Å². The number of hydrogen-bond donors (Lipinski definition) is 3. The Kier molecular flexibility index (Phi) is 7.39. The average Bonchev–Trinajstić information content (AvgIpc) is 3.20. The van der Waals surface area contributed by atoms with Crippen LogP contribution in [0.15, 0.2) is 36.5 Å². The summed E-state index contributed by atoms with van der Waals surface area (Å²) in [7, 11) is 0. The number of nitrogens with zero attached hydrogens (tertiary/aromatic N) is 3. The Hall–Kier alpha value is -4.00. The Balaban J connectivity index is 2.01. The molecule has 0 bridgehead atoms. The predicted molar refractivity (Wildman–Crippen MR) is 116 cm³/mol. The van der Waals surface area contributed by atoms with Crippen molar-refractivity contribution in [1.82, 2.24) is 25.6 Å². The number of hydrogen-bond acceptors (Lipinski definition) is 5. The van der Waals surface area contributed by atoms with Crippen molar-refractivity contribution in [3.8, 4) is 0 Å². The fraction of sp³-hybridized carbons (Fsp3) is 0.190. The topological polar surface area (TPSA) is 118 Å². The zero-order valence-electron chi connectivity index (χ0n) is 18.1. The Morgan fingerprint density at radius 2 is 1.83 bits per heavy atom. The molecule has 0 atom stereocenters. The molecule has 184 valence electrons. The molecule has 2 aromatic heterocycles. The molecule has 35 heavy (non-hydrogen) atoms. The SMILES string of the molecule is CC(=O)NNC(=O)c1cc(Cl)cc(C)c1NC(=O)c1cc(C(F)(F)F)nn1Cc1cccnc1F. The van der Waals surface area contributed by atoms with Gasteiger partial charge in [0.2, 0.25) is 11.9 Å². The molecule has 1 aromatic carbocycles. The maximum Gasteiger partial charge on any atom is 0.435 e. The van der Waals surface area contributed by atoms with Crippen molar-refractivity contribution < 1.29 is 31.9 Å². The minimum absolute atomic E-state index is 0.0730. The molecule has 0 saturated heterocycles. The number of halogens is 5. The van der Waals surface area contributed by atoms with Gasteiger partial charge >= 0.3 is 6.18 Å². The standard InChI is InChI=1S/C21H17ClF4N6O3/c1-10-6-13(22)7-14(19(34)30-29-11(2)33)17(10)28-20(35)15-8-16(21(24,25)26)31-32(15)9-12-4-3-5-27-18(12)23/h3-8H,9H2,1-2H3,(H,28,35)(H,29,33)(H,30,34). The molecule has 14 heteroatoms. The van der Waals surface area contributed by atoms with Gasteiger partial charge in [-0.05, 0) is 30.7 Å². The third-order valence-corrected chi connectivity index (χ3v) is 4.81. The van der Waals surface area contributed by atoms with Crippen molar-refractivity contribution in [1.29, 1.82) is 0 Å². The van der Waals surface area contributed by atoms with Crippen LogP contribution in [0.4, 0.5) is 23.2 Å². The summed E-state index contributed by atoms with van der Waals surface area (Å²) in [5.41, 5.74) is 2.24. The molecule has 0 aliphatic rings. The van der Waals surface area contributed by atoms with Crippen LogP contribution >= 0.6 is 11.6 Å². The van der Waals surface area contributed by atoms with Crippen LogP contribution in [-0.2, 0) is 17.5 Å². The van der Waals surface area contributed by atoms with Crippen LogP contribution in [0, 0.1) is 12.9 Å². The highest BCUT2D eigenvalue weighted by Crippen LogP contribution is 2.30. The van der Waals surface area contributed by atoms with Gasteiger partial charge in [0.05, 0.1) is 17.8 Å². The summed E-state index contributed by atoms with van der Waals surface area (Å²) in [6.07, 6.45) is -3.72. The van der Waals surface area contributed by atoms with Gasteiger partial charge < -0.3 is 5.32 Å². The van der Waals surface area contributed by atoms with E-state index in [9.17, 15) is 31.9 Å². The van der Waals surface area contributed by atoms with E-state index < -0.39 is 47.8 Å². The number of benzene rings is 1. The average molecular weight is 513 g/mol. The van der Waals surface area contributed by atoms with E-state index in [-0.39, 0.29) is 21.8 Å². The van der Waals surface area contributed by atoms with Crippen LogP contribution < -0.4 is 16.2 Å². The second-order valence-corrected chi connectivity index (χ2v) is 7.69. The first kappa shape index (κ1) is 25.6. The van der Waals surface area contributed by atoms with Crippen LogP contribution in [0.1, 0.15) is 44.6 Å². The Labute approximate surface area is 200 Å². The Bertz CT molecular complexity index is 1310. The van der Waals surface area contributed by atoms with Gasteiger partial charge in [-0.1, -0.05) is 17.7 Å². The van der Waals surface area contributed by atoms with E-state index in [0.29, 0.717) is 16.3 Å². The van der Waals surface area contributed by atoms with Crippen LogP contribution in [0.25, 0.3) is 0 Å². The number of nitrogens with one attached hydrogen (secondary N) is 3. The van der Waals surface area contributed by atoms with Crippen molar-refractivity contribution >= 4 is 35.0 Å². The quantitative estimate of drug-likeness (QED) is 0.275. The van der Waals surface area contributed by atoms with Gasteiger partial charge in [-0.2, -0.15) is 22.7 Å². The molecule has 9 nitrogen and oxygen atoms in total. The van der Waals surface area contributed by atoms with Gasteiger partial charge in [0.15, 0.2) is 5.69 Å². The zero-order chi connectivity index (χ0) is 25.9. The highest BCUT2D eigenvalue weighted by Gasteiger charge is 2.36. The van der Waals surface area contributed by atoms with Crippen LogP contribution in [0.2, 0.25) is 5.02 Å². The summed E-state index contributed by atoms with van der Waals surface area (Å²) in [6.45, 7) is 2.13. The minimum atomic E-state index is -4.88. The largest absolute Gasteiger partial charge is 0.435 e. The summed E-state index contributed by atoms with van der Waals surface area (Å²) >= 11 is 6.01. The van der Waals surface area contributed by atoms with Gasteiger partial charge in [-0.25, -0.2) is 4.98 Å². The van der Waals surface area contributed by atoms with E-state index in [1.54, 1.807) is 0 Å². The van der Waals surface area contributed by atoms with Gasteiger partial charge in [0.1, 0.15) is 5.69 Å². The van der Waals surface area contributed by atoms with Crippen LogP contribution in [-0.4, -0.2) is 32.5 Å². The lowest BCUT2D eigenvalue weighted by molar-refractivity contribution is -0.141. The summed E-state index contributed by atoms with van der Waals surface area (Å²) in [6, 6.07) is 5.78. The number of anilines is 1. The maximum absolute atomic E-state index is 14.0. The molecule has 0 fully saturated rings. The molecular weight excluding hydrogens is 496 g/mol. The fourth-order valence-corrected chi connectivity index (χ4v) is 3.31. The van der Waals surface area contributed by atoms with Crippen molar-refractivity contribution in [3.05, 3.63) is 75.6 Å². The van der Waals surface area contributed by atoms with E-state index in [4.69, 9.17) is 11.6 Å². The molecule has 3 rings (SSSR count). The first-order chi connectivity index (χ1) is 16.4. The number of amides is 3. The molecule has 3 N–H and O–H groups in total. The zero-order valence-corrected chi connectivity index (χ0v) is 18.9. The molecular formula is C21H17ClF4N6O3. The number of alkyl halides is 3. The minimum Gasteiger partial charge on any atom is -0.320 e. The molecule has 3 aromatic rings. The summed E-state index contributed by atoms with van der Waals surface area (Å²) in [5.74, 6) is -3.42. The van der Waals surface area contributed by atoms with Gasteiger partial charge in [-0.3, -0.25) is 29.9 Å². The first-order valence-electron chi connectivity index (χ1n) is 9.79. The molecule has 3 amide bonds. The Morgan fingerprint density at radius 1 is 1.11 bits per heavy atom. The highest BCUT2D eigenvalue weighted by atomic mass is 35.5. The number of hydrazine groups is 1. The monoisotopic (exact) mass is 512 g/mol. The summed E-state index contributed by atoms with van der Waals surface area (Å²) in [4.78, 5) is 40.1. The summed E-state index contributed by atoms with van der Waals surface area (Å²) in [5, 5.41) is 5.93. The van der Waals surface area contributed by atoms with Crippen molar-refractivity contribution in [2.24, 2.45) is 0 Å². The van der Waals surface area contributed by atoms with Gasteiger partial charge in [0.25, 0.3) is 11.8 Å². The molecule has 0 aliphatic heterocycles. The van der Waals surface area contributed by atoms with Crippen molar-refractivity contribution in [2.45, 2.75) is 26.6 Å². The number of carbonyl (C=O) groups excluding carboxylic acids is 3. The molecule has 0 spiro atoms. The van der Waals surface area contributed by atoms with Crippen LogP contribution in [0.5, 0.6) is 0 Å². The van der Waals surface area contributed by atoms with Crippen molar-refractivity contribution in [2.75, 3.05) is 5.32 Å². The van der Waals surface area contributed by atoms with Crippen LogP contribution in [0.3, 0.4) is 0 Å². The van der Waals surface area contributed by atoms with Crippen molar-refractivity contribution in [3.63, 3.8) is 0 Å². The van der Waals surface area contributed by atoms with Gasteiger partial charge in [0, 0.05) is 29.8 Å². The number of aryl methyl sites for hydroxylation is 1. The smallest absolute Gasteiger partial charge is 0.320 e. The fourth-order valence-electron chi connectivity index (χ4n) is 3.04. The molecule has 0 unspecified atom stereocenters. The van der Waals surface area contributed by atoms with E-state index in [0.717, 1.165) is 13.1 Å². The number of carbonyl (C=O) groups is 3. The van der Waals surface area contributed by atoms with Gasteiger partial charge in [-0.15, -0.1) is 0 Å². The third kappa shape index (κ3) is 6.12. The highest BCUT2D eigenvalue weighted by molar-refractivity contribution is 6.31. The maximum atomic E-state index is 14.0. The number of rotatable bonds is 5. The number of pyridine rings is 1. The normalized spacial score (nSPS) is 11.2. The second-order valence-electron chi connectivity index (χ2n) is 7.26. The predicted octanol–water partition coefficient (Wildman–Crippen LogP) is 3.48. The first-order valence-corrected chi connectivity index (χ1v) is 10.2. The number of aromatic nitrogens is 3. The summed E-state index contributed by atoms with van der Waals surface area (Å²) < 4.78 is 54.6. The Morgan fingerprint density at radius 3 is 2.46 bits per heavy atom. The van der Waals surface area contributed by atoms with E-state index in [1.807, 2.05) is 0 Å². The molecule has 0 aliphatic carbocycles. The molecule has 2 heterocycles. The lowest BCUT2D eigenvalue weighted by atomic mass is 10.1.